The zero-order valence-electron chi connectivity index (χ0n) is 29.1. The van der Waals surface area contributed by atoms with Gasteiger partial charge in [-0.25, -0.2) is 4.98 Å². The second kappa shape index (κ2) is 11.2. The highest BCUT2D eigenvalue weighted by Gasteiger charge is 2.55. The van der Waals surface area contributed by atoms with Gasteiger partial charge in [0.25, 0.3) is 0 Å². The van der Waals surface area contributed by atoms with Crippen LogP contribution in [0.1, 0.15) is 34.0 Å². The molecule has 1 unspecified atom stereocenters. The Hall–Kier alpha value is -7.05. The third kappa shape index (κ3) is 4.13. The summed E-state index contributed by atoms with van der Waals surface area (Å²) in [7, 11) is 0. The van der Waals surface area contributed by atoms with Crippen LogP contribution in [-0.4, -0.2) is 26.0 Å². The van der Waals surface area contributed by atoms with Gasteiger partial charge in [-0.15, -0.1) is 0 Å². The van der Waals surface area contributed by atoms with E-state index in [1.165, 1.54) is 0 Å². The monoisotopic (exact) mass is 696 g/mol. The first-order valence-corrected chi connectivity index (χ1v) is 18.2. The van der Waals surface area contributed by atoms with Gasteiger partial charge in [-0.05, 0) is 77.4 Å². The number of carbonyl (C=O) groups excluding carboxylic acids is 2. The molecule has 2 aliphatic carbocycles. The fraction of sp³-hybridized carbons (Fsp3) is 0.0625. The number of hydrogen-bond donors (Lipinski definition) is 1. The molecule has 0 fully saturated rings. The van der Waals surface area contributed by atoms with E-state index in [2.05, 4.69) is 124 Å². The summed E-state index contributed by atoms with van der Waals surface area (Å²) in [6.45, 7) is 0. The van der Waals surface area contributed by atoms with Crippen LogP contribution in [0.4, 0.5) is 0 Å². The number of allylic oxidation sites excluding steroid dienone is 6. The Labute approximate surface area is 312 Å². The van der Waals surface area contributed by atoms with Crippen LogP contribution in [0, 0.1) is 0 Å². The number of ketones is 2. The maximum atomic E-state index is 12.9. The lowest BCUT2D eigenvalue weighted by atomic mass is 9.79. The fourth-order valence-electron chi connectivity index (χ4n) is 9.14. The summed E-state index contributed by atoms with van der Waals surface area (Å²) in [6, 6.07) is 46.2. The van der Waals surface area contributed by atoms with Crippen LogP contribution in [0.3, 0.4) is 0 Å². The maximum Gasteiger partial charge on any atom is 0.178 e. The van der Waals surface area contributed by atoms with Crippen LogP contribution in [0.25, 0.3) is 45.3 Å². The average molecular weight is 697 g/mol. The lowest BCUT2D eigenvalue weighted by molar-refractivity contribution is -0.111. The van der Waals surface area contributed by atoms with Crippen molar-refractivity contribution >= 4 is 23.0 Å². The van der Waals surface area contributed by atoms with Gasteiger partial charge in [-0.2, -0.15) is 0 Å². The maximum absolute atomic E-state index is 12.9. The van der Waals surface area contributed by atoms with Crippen LogP contribution >= 0.6 is 0 Å². The van der Waals surface area contributed by atoms with Crippen molar-refractivity contribution < 1.29 is 9.59 Å². The molecule has 1 N–H and O–H groups in total. The molecule has 1 aromatic heterocycles. The van der Waals surface area contributed by atoms with E-state index in [4.69, 9.17) is 4.98 Å². The van der Waals surface area contributed by atoms with Gasteiger partial charge in [0.05, 0.1) is 22.8 Å². The summed E-state index contributed by atoms with van der Waals surface area (Å²) in [6.07, 6.45) is 14.7. The molecule has 54 heavy (non-hydrogen) atoms. The quantitative estimate of drug-likeness (QED) is 0.199. The van der Waals surface area contributed by atoms with Crippen LogP contribution in [-0.2, 0) is 20.7 Å². The van der Waals surface area contributed by atoms with E-state index in [0.717, 1.165) is 73.1 Å². The molecule has 256 valence electrons. The molecule has 11 rings (SSSR count). The fourth-order valence-corrected chi connectivity index (χ4v) is 9.14. The number of benzene rings is 5. The average Bonchev–Trinajstić information content (AvgIpc) is 3.95. The standard InChI is InChI=1S/C48H32N4O2/c53-35-21-25-47(26-22-35)39-30-38-40(29-37(39)45-49-41(31-13-5-1-6-14-31)43(51(45)47)33-17-9-3-10-18-33)48(27-23-36(54)24-28-48)52-44(34-19-11-4-12-20-34)42(50-46(38)52)32-15-7-2-8-16-32/h1-30,45,49H. The van der Waals surface area contributed by atoms with E-state index >= 15 is 0 Å². The molecule has 2 spiro atoms. The van der Waals surface area contributed by atoms with Crippen LogP contribution in [0.15, 0.2) is 182 Å². The molecular weight excluding hydrogens is 665 g/mol. The summed E-state index contributed by atoms with van der Waals surface area (Å²) in [5.41, 5.74) is 10.8. The predicted octanol–water partition coefficient (Wildman–Crippen LogP) is 8.97. The Morgan fingerprint density at radius 3 is 1.67 bits per heavy atom. The van der Waals surface area contributed by atoms with Gasteiger partial charge in [0.1, 0.15) is 23.1 Å². The highest BCUT2D eigenvalue weighted by molar-refractivity contribution is 6.03. The highest BCUT2D eigenvalue weighted by Crippen LogP contribution is 2.60. The van der Waals surface area contributed by atoms with Gasteiger partial charge < -0.3 is 14.8 Å². The second-order valence-corrected chi connectivity index (χ2v) is 14.3. The molecule has 0 bridgehead atoms. The Bertz CT molecular complexity index is 2690. The molecule has 5 aromatic carbocycles. The van der Waals surface area contributed by atoms with E-state index in [1.807, 2.05) is 48.6 Å². The molecule has 5 aliphatic rings. The number of imidazole rings is 1. The van der Waals surface area contributed by atoms with E-state index < -0.39 is 11.1 Å². The minimum Gasteiger partial charge on any atom is -0.359 e. The first-order chi connectivity index (χ1) is 26.6. The van der Waals surface area contributed by atoms with E-state index in [-0.39, 0.29) is 17.7 Å². The lowest BCUT2D eigenvalue weighted by Crippen LogP contribution is -2.39. The molecule has 6 nitrogen and oxygen atoms in total. The molecule has 6 aromatic rings. The van der Waals surface area contributed by atoms with Crippen molar-refractivity contribution in [1.82, 2.24) is 19.8 Å². The van der Waals surface area contributed by atoms with Gasteiger partial charge in [-0.3, -0.25) is 9.59 Å². The first-order valence-electron chi connectivity index (χ1n) is 18.2. The number of hydrogen-bond acceptors (Lipinski definition) is 5. The van der Waals surface area contributed by atoms with Crippen molar-refractivity contribution in [1.29, 1.82) is 0 Å². The van der Waals surface area contributed by atoms with Crippen LogP contribution in [0.5, 0.6) is 0 Å². The third-order valence-corrected chi connectivity index (χ3v) is 11.5. The first kappa shape index (κ1) is 30.6. The topological polar surface area (TPSA) is 67.2 Å². The second-order valence-electron chi connectivity index (χ2n) is 14.3. The van der Waals surface area contributed by atoms with Crippen LogP contribution < -0.4 is 5.32 Å². The molecule has 1 atom stereocenters. The number of aromatic nitrogens is 2. The summed E-state index contributed by atoms with van der Waals surface area (Å²) >= 11 is 0. The van der Waals surface area contributed by atoms with Crippen LogP contribution in [0.2, 0.25) is 0 Å². The normalized spacial score (nSPS) is 19.0. The van der Waals surface area contributed by atoms with Gasteiger partial charge in [0.15, 0.2) is 11.6 Å². The molecule has 0 amide bonds. The molecule has 4 heterocycles. The summed E-state index contributed by atoms with van der Waals surface area (Å²) < 4.78 is 2.32. The van der Waals surface area contributed by atoms with Gasteiger partial charge in [0.2, 0.25) is 0 Å². The number of carbonyl (C=O) groups is 2. The largest absolute Gasteiger partial charge is 0.359 e. The van der Waals surface area contributed by atoms with Gasteiger partial charge in [-0.1, -0.05) is 121 Å². The zero-order chi connectivity index (χ0) is 36.0. The Morgan fingerprint density at radius 1 is 0.556 bits per heavy atom. The zero-order valence-corrected chi connectivity index (χ0v) is 29.1. The number of rotatable bonds is 4. The molecule has 0 saturated carbocycles. The lowest BCUT2D eigenvalue weighted by Gasteiger charge is -2.38. The third-order valence-electron chi connectivity index (χ3n) is 11.5. The van der Waals surface area contributed by atoms with E-state index in [1.54, 1.807) is 24.3 Å². The molecule has 3 aliphatic heterocycles. The summed E-state index contributed by atoms with van der Waals surface area (Å²) in [5.74, 6) is 0.743. The van der Waals surface area contributed by atoms with E-state index in [0.29, 0.717) is 0 Å². The molecule has 6 heteroatoms. The number of nitrogens with zero attached hydrogens (tertiary/aromatic N) is 3. The van der Waals surface area contributed by atoms with E-state index in [9.17, 15) is 9.59 Å². The SMILES string of the molecule is O=C1C=CC2(C=C1)c1cc3c(cc1C1NC(c4ccccc4)=C(c4ccccc4)N12)C1(C=CC(=O)C=C1)n1c-3nc(-c2ccccc2)c1-c1ccccc1. The predicted molar refractivity (Wildman–Crippen MR) is 211 cm³/mol. The van der Waals surface area contributed by atoms with Gasteiger partial charge in [0, 0.05) is 27.8 Å². The Morgan fingerprint density at radius 2 is 1.07 bits per heavy atom. The highest BCUT2D eigenvalue weighted by atomic mass is 16.1. The number of fused-ring (bicyclic) bond motifs is 10. The molecular formula is C48H32N4O2. The van der Waals surface area contributed by atoms with Crippen molar-refractivity contribution in [2.75, 3.05) is 0 Å². The van der Waals surface area contributed by atoms with Gasteiger partial charge >= 0.3 is 0 Å². The summed E-state index contributed by atoms with van der Waals surface area (Å²) in [4.78, 5) is 33.6. The van der Waals surface area contributed by atoms with Crippen molar-refractivity contribution in [3.05, 3.63) is 210 Å². The minimum atomic E-state index is -0.815. The smallest absolute Gasteiger partial charge is 0.178 e. The van der Waals surface area contributed by atoms with Crippen molar-refractivity contribution in [2.24, 2.45) is 0 Å². The molecule has 0 radical (unpaired) electrons. The Balaban J connectivity index is 1.21. The minimum absolute atomic E-state index is 0.0379. The molecule has 0 saturated heterocycles. The van der Waals surface area contributed by atoms with Crippen molar-refractivity contribution in [3.63, 3.8) is 0 Å². The summed E-state index contributed by atoms with van der Waals surface area (Å²) in [5, 5.41) is 3.97. The number of nitrogens with one attached hydrogen (secondary N) is 1. The van der Waals surface area contributed by atoms with Crippen molar-refractivity contribution in [2.45, 2.75) is 17.2 Å². The Kier molecular flexibility index (Phi) is 6.35. The van der Waals surface area contributed by atoms with Crippen molar-refractivity contribution in [3.8, 4) is 33.9 Å².